The number of rotatable bonds is 6. The Balaban J connectivity index is 3.18. The van der Waals surface area contributed by atoms with Crippen molar-refractivity contribution in [3.05, 3.63) is 0 Å². The van der Waals surface area contributed by atoms with E-state index in [1.54, 1.807) is 0 Å². The highest BCUT2D eigenvalue weighted by molar-refractivity contribution is 5.69. The van der Waals surface area contributed by atoms with Gasteiger partial charge in [0.15, 0.2) is 0 Å². The Labute approximate surface area is 86.0 Å². The van der Waals surface area contributed by atoms with E-state index in [-0.39, 0.29) is 11.6 Å². The van der Waals surface area contributed by atoms with Crippen LogP contribution in [0, 0.1) is 0 Å². The number of carbonyl (C=O) groups excluding carboxylic acids is 1. The standard InChI is InChI=1S/C10H21NO3/c1-10(2,3)14-8-7-11-6-5-9(12)13-4/h11H,5-8H2,1-4H3. The lowest BCUT2D eigenvalue weighted by atomic mass is 10.2. The van der Waals surface area contributed by atoms with Crippen molar-refractivity contribution in [1.82, 2.24) is 5.32 Å². The van der Waals surface area contributed by atoms with Crippen molar-refractivity contribution >= 4 is 5.97 Å². The minimum Gasteiger partial charge on any atom is -0.469 e. The second-order valence-corrected chi connectivity index (χ2v) is 4.04. The summed E-state index contributed by atoms with van der Waals surface area (Å²) in [7, 11) is 1.39. The largest absolute Gasteiger partial charge is 0.469 e. The van der Waals surface area contributed by atoms with E-state index in [4.69, 9.17) is 4.74 Å². The Hall–Kier alpha value is -0.610. The van der Waals surface area contributed by atoms with Gasteiger partial charge in [-0.05, 0) is 20.8 Å². The molecule has 0 aromatic heterocycles. The summed E-state index contributed by atoms with van der Waals surface area (Å²) in [6.45, 7) is 8.10. The molecule has 4 nitrogen and oxygen atoms in total. The van der Waals surface area contributed by atoms with Gasteiger partial charge in [0.25, 0.3) is 0 Å². The van der Waals surface area contributed by atoms with E-state index in [1.165, 1.54) is 7.11 Å². The predicted molar refractivity (Wildman–Crippen MR) is 55.2 cm³/mol. The molecule has 0 amide bonds. The molecule has 0 atom stereocenters. The third-order valence-corrected chi connectivity index (χ3v) is 1.55. The first kappa shape index (κ1) is 13.4. The predicted octanol–water partition coefficient (Wildman–Crippen LogP) is 0.954. The Morgan fingerprint density at radius 3 is 2.43 bits per heavy atom. The van der Waals surface area contributed by atoms with Crippen LogP contribution in [0.2, 0.25) is 0 Å². The van der Waals surface area contributed by atoms with Crippen LogP contribution in [0.4, 0.5) is 0 Å². The van der Waals surface area contributed by atoms with Crippen LogP contribution in [0.1, 0.15) is 27.2 Å². The molecule has 0 saturated heterocycles. The molecule has 0 aromatic rings. The number of nitrogens with one attached hydrogen (secondary N) is 1. The molecular formula is C10H21NO3. The summed E-state index contributed by atoms with van der Waals surface area (Å²) in [6.07, 6.45) is 0.409. The van der Waals surface area contributed by atoms with Crippen molar-refractivity contribution in [3.63, 3.8) is 0 Å². The Kier molecular flexibility index (Phi) is 6.49. The maximum Gasteiger partial charge on any atom is 0.306 e. The van der Waals surface area contributed by atoms with Crippen molar-refractivity contribution in [2.45, 2.75) is 32.8 Å². The van der Waals surface area contributed by atoms with Gasteiger partial charge in [0.1, 0.15) is 0 Å². The van der Waals surface area contributed by atoms with Crippen molar-refractivity contribution in [3.8, 4) is 0 Å². The molecule has 0 heterocycles. The molecule has 0 saturated carbocycles. The number of methoxy groups -OCH3 is 1. The Morgan fingerprint density at radius 1 is 1.29 bits per heavy atom. The molecule has 0 unspecified atom stereocenters. The molecule has 0 bridgehead atoms. The van der Waals surface area contributed by atoms with Crippen molar-refractivity contribution in [2.75, 3.05) is 26.8 Å². The molecule has 1 N–H and O–H groups in total. The highest BCUT2D eigenvalue weighted by Crippen LogP contribution is 2.04. The first-order chi connectivity index (χ1) is 6.45. The zero-order valence-corrected chi connectivity index (χ0v) is 9.55. The van der Waals surface area contributed by atoms with Crippen LogP contribution in [-0.4, -0.2) is 38.4 Å². The summed E-state index contributed by atoms with van der Waals surface area (Å²) in [5, 5.41) is 3.10. The van der Waals surface area contributed by atoms with Gasteiger partial charge in [0.05, 0.1) is 25.7 Å². The van der Waals surface area contributed by atoms with E-state index in [2.05, 4.69) is 10.1 Å². The summed E-state index contributed by atoms with van der Waals surface area (Å²) in [5.74, 6) is -0.186. The van der Waals surface area contributed by atoms with Crippen LogP contribution in [0.5, 0.6) is 0 Å². The van der Waals surface area contributed by atoms with E-state index in [0.717, 1.165) is 6.54 Å². The van der Waals surface area contributed by atoms with Gasteiger partial charge in [-0.1, -0.05) is 0 Å². The minimum atomic E-state index is -0.186. The van der Waals surface area contributed by atoms with Gasteiger partial charge in [0.2, 0.25) is 0 Å². The van der Waals surface area contributed by atoms with Gasteiger partial charge in [-0.2, -0.15) is 0 Å². The van der Waals surface area contributed by atoms with Crippen molar-refractivity contribution in [2.24, 2.45) is 0 Å². The van der Waals surface area contributed by atoms with Crippen LogP contribution < -0.4 is 5.32 Å². The fourth-order valence-electron chi connectivity index (χ4n) is 0.847. The normalized spacial score (nSPS) is 11.4. The summed E-state index contributed by atoms with van der Waals surface area (Å²) in [5.41, 5.74) is -0.0932. The number of ether oxygens (including phenoxy) is 2. The molecular weight excluding hydrogens is 182 g/mol. The molecule has 84 valence electrons. The van der Waals surface area contributed by atoms with Crippen molar-refractivity contribution < 1.29 is 14.3 Å². The quantitative estimate of drug-likeness (QED) is 0.516. The second kappa shape index (κ2) is 6.79. The maximum atomic E-state index is 10.7. The van der Waals surface area contributed by atoms with Crippen LogP contribution in [0.25, 0.3) is 0 Å². The molecule has 0 radical (unpaired) electrons. The maximum absolute atomic E-state index is 10.7. The molecule has 0 aliphatic rings. The fraction of sp³-hybridized carbons (Fsp3) is 0.900. The monoisotopic (exact) mass is 203 g/mol. The number of hydrogen-bond acceptors (Lipinski definition) is 4. The highest BCUT2D eigenvalue weighted by Gasteiger charge is 2.08. The van der Waals surface area contributed by atoms with E-state index in [9.17, 15) is 4.79 Å². The summed E-state index contributed by atoms with van der Waals surface area (Å²) >= 11 is 0. The van der Waals surface area contributed by atoms with Crippen LogP contribution in [0.15, 0.2) is 0 Å². The SMILES string of the molecule is COC(=O)CCNCCOC(C)(C)C. The number of hydrogen-bond donors (Lipinski definition) is 1. The molecule has 0 aliphatic heterocycles. The first-order valence-corrected chi connectivity index (χ1v) is 4.87. The third kappa shape index (κ3) is 9.48. The van der Waals surface area contributed by atoms with Gasteiger partial charge >= 0.3 is 5.97 Å². The average molecular weight is 203 g/mol. The molecule has 0 fully saturated rings. The average Bonchev–Trinajstić information content (AvgIpc) is 2.08. The van der Waals surface area contributed by atoms with Gasteiger partial charge in [-0.3, -0.25) is 4.79 Å². The van der Waals surface area contributed by atoms with E-state index in [0.29, 0.717) is 19.6 Å². The lowest BCUT2D eigenvalue weighted by Crippen LogP contribution is -2.28. The van der Waals surface area contributed by atoms with Crippen LogP contribution >= 0.6 is 0 Å². The number of carbonyl (C=O) groups is 1. The van der Waals surface area contributed by atoms with Gasteiger partial charge in [0, 0.05) is 13.1 Å². The second-order valence-electron chi connectivity index (χ2n) is 4.04. The van der Waals surface area contributed by atoms with Gasteiger partial charge < -0.3 is 14.8 Å². The van der Waals surface area contributed by atoms with E-state index in [1.807, 2.05) is 20.8 Å². The topological polar surface area (TPSA) is 47.6 Å². The number of esters is 1. The highest BCUT2D eigenvalue weighted by atomic mass is 16.5. The lowest BCUT2D eigenvalue weighted by molar-refractivity contribution is -0.140. The van der Waals surface area contributed by atoms with Gasteiger partial charge in [-0.25, -0.2) is 0 Å². The molecule has 0 aliphatic carbocycles. The summed E-state index contributed by atoms with van der Waals surface area (Å²) < 4.78 is 9.98. The fourth-order valence-corrected chi connectivity index (χ4v) is 0.847. The summed E-state index contributed by atoms with van der Waals surface area (Å²) in [4.78, 5) is 10.7. The zero-order valence-electron chi connectivity index (χ0n) is 9.55. The molecule has 0 rings (SSSR count). The molecule has 14 heavy (non-hydrogen) atoms. The van der Waals surface area contributed by atoms with Crippen molar-refractivity contribution in [1.29, 1.82) is 0 Å². The smallest absolute Gasteiger partial charge is 0.306 e. The molecule has 4 heteroatoms. The van der Waals surface area contributed by atoms with E-state index >= 15 is 0 Å². The molecule has 0 spiro atoms. The van der Waals surface area contributed by atoms with Crippen LogP contribution in [-0.2, 0) is 14.3 Å². The Morgan fingerprint density at radius 2 is 1.93 bits per heavy atom. The molecule has 0 aromatic carbocycles. The minimum absolute atomic E-state index is 0.0932. The van der Waals surface area contributed by atoms with Crippen LogP contribution in [0.3, 0.4) is 0 Å². The zero-order chi connectivity index (χ0) is 11.0. The Bertz CT molecular complexity index is 163. The van der Waals surface area contributed by atoms with Gasteiger partial charge in [-0.15, -0.1) is 0 Å². The third-order valence-electron chi connectivity index (χ3n) is 1.55. The summed E-state index contributed by atoms with van der Waals surface area (Å²) in [6, 6.07) is 0. The lowest BCUT2D eigenvalue weighted by Gasteiger charge is -2.19. The first-order valence-electron chi connectivity index (χ1n) is 4.87. The van der Waals surface area contributed by atoms with E-state index < -0.39 is 0 Å².